The predicted octanol–water partition coefficient (Wildman–Crippen LogP) is 6.27. The fraction of sp³-hybridized carbons (Fsp3) is 0.217. The van der Waals surface area contributed by atoms with E-state index < -0.39 is 0 Å². The largest absolute Gasteiger partial charge is 0.494 e. The van der Waals surface area contributed by atoms with E-state index in [-0.39, 0.29) is 0 Å². The maximum Gasteiger partial charge on any atom is 0.136 e. The Labute approximate surface area is 170 Å². The van der Waals surface area contributed by atoms with Crippen molar-refractivity contribution in [3.63, 3.8) is 0 Å². The van der Waals surface area contributed by atoms with E-state index in [1.807, 2.05) is 41.8 Å². The Bertz CT molecular complexity index is 984. The van der Waals surface area contributed by atoms with Crippen molar-refractivity contribution in [2.24, 2.45) is 0 Å². The molecule has 0 bridgehead atoms. The van der Waals surface area contributed by atoms with Crippen molar-refractivity contribution in [1.29, 1.82) is 5.26 Å². The minimum atomic E-state index is 0.501. The van der Waals surface area contributed by atoms with Crippen LogP contribution in [0.5, 0.6) is 5.75 Å². The quantitative estimate of drug-likeness (QED) is 0.364. The molecule has 1 N–H and O–H groups in total. The maximum atomic E-state index is 9.56. The molecule has 0 radical (unpaired) electrons. The van der Waals surface area contributed by atoms with Gasteiger partial charge in [0.2, 0.25) is 0 Å². The first-order chi connectivity index (χ1) is 13.7. The zero-order valence-corrected chi connectivity index (χ0v) is 16.9. The van der Waals surface area contributed by atoms with Gasteiger partial charge in [-0.15, -0.1) is 11.3 Å². The summed E-state index contributed by atoms with van der Waals surface area (Å²) in [7, 11) is 0. The van der Waals surface area contributed by atoms with Gasteiger partial charge in [0.15, 0.2) is 0 Å². The number of ether oxygens (including phenoxy) is 1. The molecule has 0 aliphatic carbocycles. The molecular formula is C23H23N3OS. The van der Waals surface area contributed by atoms with Crippen LogP contribution in [-0.2, 0) is 0 Å². The highest BCUT2D eigenvalue weighted by Gasteiger charge is 2.09. The number of hydrogen-bond donors (Lipinski definition) is 1. The molecule has 0 aliphatic heterocycles. The molecular weight excluding hydrogens is 366 g/mol. The lowest BCUT2D eigenvalue weighted by Crippen LogP contribution is -1.97. The van der Waals surface area contributed by atoms with Crippen LogP contribution in [0.15, 0.2) is 60.1 Å². The fourth-order valence-electron chi connectivity index (χ4n) is 2.56. The Balaban J connectivity index is 1.72. The zero-order chi connectivity index (χ0) is 19.8. The fourth-order valence-corrected chi connectivity index (χ4v) is 3.36. The molecule has 0 saturated heterocycles. The zero-order valence-electron chi connectivity index (χ0n) is 16.1. The van der Waals surface area contributed by atoms with E-state index >= 15 is 0 Å². The molecule has 0 fully saturated rings. The molecule has 0 amide bonds. The number of nitrogens with one attached hydrogen (secondary N) is 1. The van der Waals surface area contributed by atoms with Gasteiger partial charge in [-0.1, -0.05) is 49.2 Å². The summed E-state index contributed by atoms with van der Waals surface area (Å²) in [5.74, 6) is 0.821. The predicted molar refractivity (Wildman–Crippen MR) is 116 cm³/mol. The lowest BCUT2D eigenvalue weighted by molar-refractivity contribution is 0.309. The Hall–Kier alpha value is -3.10. The van der Waals surface area contributed by atoms with Crippen molar-refractivity contribution in [3.05, 3.63) is 70.7 Å². The topological polar surface area (TPSA) is 57.9 Å². The summed E-state index contributed by atoms with van der Waals surface area (Å²) in [6.45, 7) is 4.90. The van der Waals surface area contributed by atoms with E-state index in [1.54, 1.807) is 6.20 Å². The first kappa shape index (κ1) is 19.7. The van der Waals surface area contributed by atoms with Crippen molar-refractivity contribution >= 4 is 22.6 Å². The second kappa shape index (κ2) is 9.72. The van der Waals surface area contributed by atoms with E-state index in [0.29, 0.717) is 17.2 Å². The number of nitrogens with zero attached hydrogens (tertiary/aromatic N) is 2. The van der Waals surface area contributed by atoms with Crippen LogP contribution in [0.4, 0.5) is 5.69 Å². The molecule has 0 saturated carbocycles. The lowest BCUT2D eigenvalue weighted by atomic mass is 10.1. The van der Waals surface area contributed by atoms with Crippen LogP contribution in [0.25, 0.3) is 16.8 Å². The highest BCUT2D eigenvalue weighted by Crippen LogP contribution is 2.26. The number of aromatic nitrogens is 1. The summed E-state index contributed by atoms with van der Waals surface area (Å²) < 4.78 is 5.73. The number of allylic oxidation sites excluding steroid dienone is 1. The smallest absolute Gasteiger partial charge is 0.136 e. The lowest BCUT2D eigenvalue weighted by Gasteiger charge is -2.07. The van der Waals surface area contributed by atoms with Gasteiger partial charge in [-0.3, -0.25) is 0 Å². The van der Waals surface area contributed by atoms with E-state index in [2.05, 4.69) is 42.4 Å². The molecule has 0 aliphatic rings. The van der Waals surface area contributed by atoms with E-state index in [9.17, 15) is 5.26 Å². The minimum absolute atomic E-state index is 0.501. The van der Waals surface area contributed by atoms with Crippen molar-refractivity contribution in [2.45, 2.75) is 26.7 Å². The van der Waals surface area contributed by atoms with Crippen LogP contribution in [-0.4, -0.2) is 11.6 Å². The average molecular weight is 390 g/mol. The van der Waals surface area contributed by atoms with Gasteiger partial charge in [-0.2, -0.15) is 5.26 Å². The van der Waals surface area contributed by atoms with Crippen molar-refractivity contribution in [1.82, 2.24) is 4.98 Å². The van der Waals surface area contributed by atoms with Crippen LogP contribution < -0.4 is 10.1 Å². The van der Waals surface area contributed by atoms with E-state index in [1.165, 1.54) is 16.9 Å². The summed E-state index contributed by atoms with van der Waals surface area (Å²) in [6.07, 6.45) is 3.83. The summed E-state index contributed by atoms with van der Waals surface area (Å²) in [5.41, 5.74) is 4.52. The molecule has 0 unspecified atom stereocenters. The number of hydrogen-bond acceptors (Lipinski definition) is 5. The monoisotopic (exact) mass is 389 g/mol. The number of anilines is 1. The van der Waals surface area contributed by atoms with Gasteiger partial charge in [0.1, 0.15) is 22.4 Å². The minimum Gasteiger partial charge on any atom is -0.494 e. The van der Waals surface area contributed by atoms with Gasteiger partial charge in [0.05, 0.1) is 12.3 Å². The van der Waals surface area contributed by atoms with Crippen molar-refractivity contribution < 1.29 is 4.74 Å². The van der Waals surface area contributed by atoms with Gasteiger partial charge in [-0.25, -0.2) is 4.98 Å². The highest BCUT2D eigenvalue weighted by atomic mass is 32.1. The third-order valence-corrected chi connectivity index (χ3v) is 5.06. The van der Waals surface area contributed by atoms with Crippen molar-refractivity contribution in [2.75, 3.05) is 11.9 Å². The summed E-state index contributed by atoms with van der Waals surface area (Å²) in [5, 5.41) is 15.4. The van der Waals surface area contributed by atoms with Crippen LogP contribution in [0.1, 0.15) is 30.3 Å². The first-order valence-corrected chi connectivity index (χ1v) is 10.2. The molecule has 5 heteroatoms. The summed E-state index contributed by atoms with van der Waals surface area (Å²) in [4.78, 5) is 4.62. The second-order valence-electron chi connectivity index (χ2n) is 6.45. The number of aryl methyl sites for hydroxylation is 1. The van der Waals surface area contributed by atoms with E-state index in [0.717, 1.165) is 35.5 Å². The highest BCUT2D eigenvalue weighted by molar-refractivity contribution is 7.11. The first-order valence-electron chi connectivity index (χ1n) is 9.32. The number of thiazole rings is 1. The molecule has 28 heavy (non-hydrogen) atoms. The number of benzene rings is 2. The van der Waals surface area contributed by atoms with Crippen LogP contribution in [0, 0.1) is 18.3 Å². The van der Waals surface area contributed by atoms with Crippen molar-refractivity contribution in [3.8, 4) is 23.1 Å². The third-order valence-electron chi connectivity index (χ3n) is 4.19. The normalized spacial score (nSPS) is 11.1. The summed E-state index contributed by atoms with van der Waals surface area (Å²) in [6, 6.07) is 18.2. The molecule has 1 heterocycles. The standard InChI is InChI=1S/C23H23N3OS/c1-3-4-12-27-21-7-5-6-20(13-21)25-15-19(14-24)23-26-22(16-28-23)18-10-8-17(2)9-11-18/h5-11,13,15-16,25H,3-4,12H2,1-2H3/b19-15-. The SMILES string of the molecule is CCCCOc1cccc(N/C=C(/C#N)c2nc(-c3ccc(C)cc3)cs2)c1. The Morgan fingerprint density at radius 1 is 1.25 bits per heavy atom. The molecule has 0 spiro atoms. The molecule has 3 aromatic rings. The van der Waals surface area contributed by atoms with Gasteiger partial charge in [-0.05, 0) is 25.5 Å². The van der Waals surface area contributed by atoms with Gasteiger partial charge in [0, 0.05) is 28.9 Å². The Kier molecular flexibility index (Phi) is 6.83. The van der Waals surface area contributed by atoms with Crippen LogP contribution in [0.2, 0.25) is 0 Å². The third kappa shape index (κ3) is 5.21. The number of unbranched alkanes of at least 4 members (excludes halogenated alkanes) is 1. The van der Waals surface area contributed by atoms with Crippen LogP contribution in [0.3, 0.4) is 0 Å². The molecule has 1 aromatic heterocycles. The maximum absolute atomic E-state index is 9.56. The molecule has 4 nitrogen and oxygen atoms in total. The molecule has 3 rings (SSSR count). The Morgan fingerprint density at radius 3 is 2.82 bits per heavy atom. The Morgan fingerprint density at radius 2 is 2.07 bits per heavy atom. The molecule has 0 atom stereocenters. The van der Waals surface area contributed by atoms with Crippen LogP contribution >= 0.6 is 11.3 Å². The number of rotatable bonds is 8. The molecule has 2 aromatic carbocycles. The van der Waals surface area contributed by atoms with Gasteiger partial charge < -0.3 is 10.1 Å². The van der Waals surface area contributed by atoms with Gasteiger partial charge >= 0.3 is 0 Å². The second-order valence-corrected chi connectivity index (χ2v) is 7.31. The molecule has 142 valence electrons. The number of nitriles is 1. The summed E-state index contributed by atoms with van der Waals surface area (Å²) >= 11 is 1.47. The van der Waals surface area contributed by atoms with E-state index in [4.69, 9.17) is 4.74 Å². The van der Waals surface area contributed by atoms with Gasteiger partial charge in [0.25, 0.3) is 0 Å². The average Bonchev–Trinajstić information content (AvgIpc) is 3.20.